The zero-order valence-corrected chi connectivity index (χ0v) is 26.2. The van der Waals surface area contributed by atoms with Gasteiger partial charge in [0, 0.05) is 18.2 Å². The van der Waals surface area contributed by atoms with Crippen molar-refractivity contribution in [2.75, 3.05) is 13.2 Å². The van der Waals surface area contributed by atoms with E-state index in [0.717, 1.165) is 23.3 Å². The Kier molecular flexibility index (Phi) is 11.2. The first-order valence-corrected chi connectivity index (χ1v) is 15.2. The molecule has 0 bridgehead atoms. The molecule has 0 aliphatic carbocycles. The number of ether oxygens (including phenoxy) is 1. The number of carbonyl (C=O) groups excluding carboxylic acids is 2. The molecule has 0 fully saturated rings. The van der Waals surface area contributed by atoms with Crippen LogP contribution >= 0.6 is 0 Å². The van der Waals surface area contributed by atoms with Gasteiger partial charge in [0.15, 0.2) is 0 Å². The van der Waals surface area contributed by atoms with Gasteiger partial charge in [-0.1, -0.05) is 70.9 Å². The van der Waals surface area contributed by atoms with Gasteiger partial charge in [-0.05, 0) is 72.9 Å². The number of rotatable bonds is 13. The Morgan fingerprint density at radius 2 is 1.42 bits per heavy atom. The lowest BCUT2D eigenvalue weighted by atomic mass is 9.78. The molecule has 248 valence electrons. The maximum Gasteiger partial charge on any atom is 0.430 e. The number of benzene rings is 2. The fraction of sp³-hybridized carbons (Fsp3) is 0.529. The molecule has 2 aromatic rings. The SMILES string of the molecule is CCCc1cc(C(O)(C(F)(F)F)C(F)(F)F)cc(CCC)c1OCCCCN1C(=O)C=CC(C)(c2ccc(C(C)C)cc2)C1=O. The monoisotopic (exact) mass is 641 g/mol. The fourth-order valence-corrected chi connectivity index (χ4v) is 5.52. The molecular weight excluding hydrogens is 600 g/mol. The Labute approximate surface area is 260 Å². The second-order valence-corrected chi connectivity index (χ2v) is 12.0. The molecule has 1 heterocycles. The van der Waals surface area contributed by atoms with Crippen molar-refractivity contribution in [3.8, 4) is 5.75 Å². The number of carbonyl (C=O) groups is 2. The Morgan fingerprint density at radius 3 is 1.89 bits per heavy atom. The van der Waals surface area contributed by atoms with Gasteiger partial charge in [0.1, 0.15) is 5.75 Å². The van der Waals surface area contributed by atoms with Crippen LogP contribution in [0.3, 0.4) is 0 Å². The van der Waals surface area contributed by atoms with Gasteiger partial charge in [0.25, 0.3) is 11.5 Å². The van der Waals surface area contributed by atoms with Crippen LogP contribution in [-0.2, 0) is 33.4 Å². The molecule has 11 heteroatoms. The van der Waals surface area contributed by atoms with E-state index >= 15 is 0 Å². The third kappa shape index (κ3) is 7.39. The number of hydrogen-bond donors (Lipinski definition) is 1. The van der Waals surface area contributed by atoms with Crippen molar-refractivity contribution in [2.45, 2.75) is 102 Å². The van der Waals surface area contributed by atoms with Crippen molar-refractivity contribution in [2.24, 2.45) is 0 Å². The fourth-order valence-electron chi connectivity index (χ4n) is 5.52. The number of halogens is 6. The Morgan fingerprint density at radius 1 is 0.889 bits per heavy atom. The van der Waals surface area contributed by atoms with E-state index in [1.54, 1.807) is 26.8 Å². The molecule has 0 saturated heterocycles. The molecule has 2 aromatic carbocycles. The third-order valence-electron chi connectivity index (χ3n) is 8.23. The molecule has 1 N–H and O–H groups in total. The van der Waals surface area contributed by atoms with Crippen molar-refractivity contribution in [1.29, 1.82) is 0 Å². The van der Waals surface area contributed by atoms with Gasteiger partial charge in [0.05, 0.1) is 12.0 Å². The van der Waals surface area contributed by atoms with Crippen molar-refractivity contribution in [1.82, 2.24) is 4.90 Å². The van der Waals surface area contributed by atoms with E-state index in [4.69, 9.17) is 4.74 Å². The largest absolute Gasteiger partial charge is 0.493 e. The normalized spacial score (nSPS) is 17.8. The van der Waals surface area contributed by atoms with E-state index < -0.39 is 34.8 Å². The topological polar surface area (TPSA) is 66.8 Å². The quantitative estimate of drug-likeness (QED) is 0.137. The van der Waals surface area contributed by atoms with E-state index in [9.17, 15) is 41.0 Å². The smallest absolute Gasteiger partial charge is 0.430 e. The molecule has 1 atom stereocenters. The minimum atomic E-state index is -5.99. The highest BCUT2D eigenvalue weighted by Crippen LogP contribution is 2.51. The number of aliphatic hydroxyl groups is 1. The van der Waals surface area contributed by atoms with E-state index in [2.05, 4.69) is 13.8 Å². The summed E-state index contributed by atoms with van der Waals surface area (Å²) in [6.45, 7) is 9.50. The molecule has 0 spiro atoms. The number of unbranched alkanes of at least 4 members (excludes halogenated alkanes) is 1. The maximum absolute atomic E-state index is 13.6. The lowest BCUT2D eigenvalue weighted by Gasteiger charge is -2.35. The summed E-state index contributed by atoms with van der Waals surface area (Å²) in [5.74, 6) is -0.285. The molecule has 1 unspecified atom stereocenters. The second-order valence-electron chi connectivity index (χ2n) is 12.0. The number of nitrogens with zero attached hydrogens (tertiary/aromatic N) is 1. The number of imide groups is 1. The standard InChI is InChI=1S/C34H41F6NO4/c1-6-10-24-20-27(32(44,33(35,36)37)34(38,39)40)21-25(11-7-2)29(24)45-19-9-8-18-41-28(42)16-17-31(5,30(41)43)26-14-12-23(13-15-26)22(3)4/h12-17,20-22,44H,6-11,18-19H2,1-5H3. The number of aryl methyl sites for hydroxylation is 2. The molecule has 0 saturated carbocycles. The van der Waals surface area contributed by atoms with Crippen molar-refractivity contribution >= 4 is 11.8 Å². The predicted molar refractivity (Wildman–Crippen MR) is 159 cm³/mol. The first-order chi connectivity index (χ1) is 20.9. The van der Waals surface area contributed by atoms with E-state index in [-0.39, 0.29) is 48.8 Å². The summed E-state index contributed by atoms with van der Waals surface area (Å²) >= 11 is 0. The van der Waals surface area contributed by atoms with Crippen LogP contribution in [0.1, 0.15) is 94.0 Å². The van der Waals surface area contributed by atoms with Gasteiger partial charge in [-0.15, -0.1) is 0 Å². The van der Waals surface area contributed by atoms with Gasteiger partial charge in [-0.25, -0.2) is 0 Å². The van der Waals surface area contributed by atoms with Crippen LogP contribution in [0.2, 0.25) is 0 Å². The van der Waals surface area contributed by atoms with Gasteiger partial charge in [-0.2, -0.15) is 26.3 Å². The summed E-state index contributed by atoms with van der Waals surface area (Å²) in [6.07, 6.45) is -7.20. The minimum absolute atomic E-state index is 0.0512. The summed E-state index contributed by atoms with van der Waals surface area (Å²) in [4.78, 5) is 27.3. The van der Waals surface area contributed by atoms with Crippen LogP contribution in [0.25, 0.3) is 0 Å². The molecule has 5 nitrogen and oxygen atoms in total. The van der Waals surface area contributed by atoms with Crippen LogP contribution in [0, 0.1) is 0 Å². The average molecular weight is 642 g/mol. The molecule has 3 rings (SSSR count). The van der Waals surface area contributed by atoms with E-state index in [1.807, 2.05) is 24.3 Å². The Balaban J connectivity index is 1.77. The molecular formula is C34H41F6NO4. The van der Waals surface area contributed by atoms with Crippen LogP contribution in [0.4, 0.5) is 26.3 Å². The van der Waals surface area contributed by atoms with E-state index in [1.165, 1.54) is 11.0 Å². The highest BCUT2D eigenvalue weighted by Gasteiger charge is 2.71. The van der Waals surface area contributed by atoms with Crippen molar-refractivity contribution in [3.05, 3.63) is 76.4 Å². The summed E-state index contributed by atoms with van der Waals surface area (Å²) in [6, 6.07) is 9.15. The molecule has 2 amide bonds. The van der Waals surface area contributed by atoms with Gasteiger partial charge < -0.3 is 9.84 Å². The van der Waals surface area contributed by atoms with Gasteiger partial charge in [0.2, 0.25) is 5.91 Å². The van der Waals surface area contributed by atoms with Crippen LogP contribution < -0.4 is 4.74 Å². The Hall–Kier alpha value is -3.34. The van der Waals surface area contributed by atoms with Crippen molar-refractivity contribution < 1.29 is 45.8 Å². The highest BCUT2D eigenvalue weighted by atomic mass is 19.4. The number of alkyl halides is 6. The summed E-state index contributed by atoms with van der Waals surface area (Å²) in [5.41, 5.74) is -5.20. The van der Waals surface area contributed by atoms with Crippen LogP contribution in [0.5, 0.6) is 5.75 Å². The summed E-state index contributed by atoms with van der Waals surface area (Å²) < 4.78 is 87.8. The Bertz CT molecular complexity index is 1340. The number of amides is 2. The summed E-state index contributed by atoms with van der Waals surface area (Å²) in [7, 11) is 0. The lowest BCUT2D eigenvalue weighted by molar-refractivity contribution is -0.376. The zero-order chi connectivity index (χ0) is 33.8. The summed E-state index contributed by atoms with van der Waals surface area (Å²) in [5, 5.41) is 10.0. The molecule has 0 radical (unpaired) electrons. The highest BCUT2D eigenvalue weighted by molar-refractivity contribution is 6.09. The molecule has 45 heavy (non-hydrogen) atoms. The zero-order valence-electron chi connectivity index (χ0n) is 26.2. The molecule has 1 aliphatic rings. The minimum Gasteiger partial charge on any atom is -0.493 e. The maximum atomic E-state index is 13.6. The van der Waals surface area contributed by atoms with Crippen molar-refractivity contribution in [3.63, 3.8) is 0 Å². The van der Waals surface area contributed by atoms with Gasteiger partial charge >= 0.3 is 12.4 Å². The second kappa shape index (κ2) is 14.0. The first-order valence-electron chi connectivity index (χ1n) is 15.2. The lowest BCUT2D eigenvalue weighted by Crippen LogP contribution is -2.54. The van der Waals surface area contributed by atoms with Crippen LogP contribution in [-0.4, -0.2) is 47.3 Å². The molecule has 1 aliphatic heterocycles. The first kappa shape index (κ1) is 36.1. The predicted octanol–water partition coefficient (Wildman–Crippen LogP) is 8.07. The van der Waals surface area contributed by atoms with E-state index in [0.29, 0.717) is 31.6 Å². The number of hydrogen-bond acceptors (Lipinski definition) is 4. The van der Waals surface area contributed by atoms with Gasteiger partial charge in [-0.3, -0.25) is 14.5 Å². The average Bonchev–Trinajstić information content (AvgIpc) is 2.96. The van der Waals surface area contributed by atoms with Crippen LogP contribution in [0.15, 0.2) is 48.6 Å². The third-order valence-corrected chi connectivity index (χ3v) is 8.23. The molecule has 0 aromatic heterocycles.